The maximum Gasteiger partial charge on any atom is 0.339 e. The number of thiophene rings is 1. The fourth-order valence-corrected chi connectivity index (χ4v) is 2.23. The van der Waals surface area contributed by atoms with Gasteiger partial charge in [0.05, 0.1) is 12.2 Å². The normalized spacial score (nSPS) is 10.5. The number of carbonyl (C=O) groups excluding carboxylic acids is 1. The van der Waals surface area contributed by atoms with E-state index in [2.05, 4.69) is 9.97 Å². The van der Waals surface area contributed by atoms with Crippen LogP contribution in [-0.4, -0.2) is 22.5 Å². The quantitative estimate of drug-likeness (QED) is 0.600. The fraction of sp³-hybridized carbons (Fsp3) is 0.222. The van der Waals surface area contributed by atoms with Crippen LogP contribution in [0.25, 0.3) is 10.2 Å². The van der Waals surface area contributed by atoms with Crippen molar-refractivity contribution in [2.24, 2.45) is 0 Å². The molecule has 0 N–H and O–H groups in total. The Morgan fingerprint density at radius 2 is 2.47 bits per heavy atom. The molecule has 4 nitrogen and oxygen atoms in total. The lowest BCUT2D eigenvalue weighted by molar-refractivity contribution is 0.0529. The Labute approximate surface area is 94.9 Å². The lowest BCUT2D eigenvalue weighted by atomic mass is 10.2. The maximum absolute atomic E-state index is 11.5. The standard InChI is InChI=1S/C9H7ClN2O2S/c1-2-14-8(13)6-4-15-7-5(6)3-11-9(10)12-7/h3-4H,2H2,1H3. The minimum atomic E-state index is -0.352. The molecule has 0 aromatic carbocycles. The Balaban J connectivity index is 2.49. The molecule has 0 fully saturated rings. The van der Waals surface area contributed by atoms with Gasteiger partial charge in [-0.15, -0.1) is 11.3 Å². The van der Waals surface area contributed by atoms with Crippen molar-refractivity contribution < 1.29 is 9.53 Å². The highest BCUT2D eigenvalue weighted by molar-refractivity contribution is 7.17. The lowest BCUT2D eigenvalue weighted by Gasteiger charge is -1.98. The average Bonchev–Trinajstić information content (AvgIpc) is 2.60. The minimum absolute atomic E-state index is 0.180. The number of esters is 1. The molecule has 2 aromatic rings. The first kappa shape index (κ1) is 10.3. The van der Waals surface area contributed by atoms with E-state index >= 15 is 0 Å². The van der Waals surface area contributed by atoms with Crippen LogP contribution in [0, 0.1) is 0 Å². The molecule has 78 valence electrons. The van der Waals surface area contributed by atoms with Gasteiger partial charge in [0.25, 0.3) is 0 Å². The van der Waals surface area contributed by atoms with Gasteiger partial charge in [-0.3, -0.25) is 0 Å². The second-order valence-electron chi connectivity index (χ2n) is 2.73. The third-order valence-electron chi connectivity index (χ3n) is 1.80. The molecule has 0 spiro atoms. The summed E-state index contributed by atoms with van der Waals surface area (Å²) in [6.07, 6.45) is 1.54. The molecule has 2 aromatic heterocycles. The second-order valence-corrected chi connectivity index (χ2v) is 3.92. The summed E-state index contributed by atoms with van der Waals surface area (Å²) in [6, 6.07) is 0. The minimum Gasteiger partial charge on any atom is -0.462 e. The number of rotatable bonds is 2. The van der Waals surface area contributed by atoms with Crippen molar-refractivity contribution in [2.75, 3.05) is 6.61 Å². The molecule has 6 heteroatoms. The van der Waals surface area contributed by atoms with Crippen LogP contribution in [0.3, 0.4) is 0 Å². The molecular weight excluding hydrogens is 236 g/mol. The molecule has 0 aliphatic rings. The summed E-state index contributed by atoms with van der Waals surface area (Å²) in [6.45, 7) is 2.12. The highest BCUT2D eigenvalue weighted by Gasteiger charge is 2.14. The van der Waals surface area contributed by atoms with Crippen molar-refractivity contribution in [1.29, 1.82) is 0 Å². The smallest absolute Gasteiger partial charge is 0.339 e. The molecule has 0 bridgehead atoms. The topological polar surface area (TPSA) is 52.1 Å². The van der Waals surface area contributed by atoms with Gasteiger partial charge < -0.3 is 4.74 Å². The van der Waals surface area contributed by atoms with Gasteiger partial charge in [-0.05, 0) is 18.5 Å². The van der Waals surface area contributed by atoms with Gasteiger partial charge in [0, 0.05) is 17.0 Å². The number of hydrogen-bond donors (Lipinski definition) is 0. The fourth-order valence-electron chi connectivity index (χ4n) is 1.17. The van der Waals surface area contributed by atoms with Gasteiger partial charge in [0.2, 0.25) is 5.28 Å². The van der Waals surface area contributed by atoms with Crippen LogP contribution >= 0.6 is 22.9 Å². The predicted molar refractivity (Wildman–Crippen MR) is 58.4 cm³/mol. The van der Waals surface area contributed by atoms with E-state index in [1.807, 2.05) is 0 Å². The number of hydrogen-bond acceptors (Lipinski definition) is 5. The molecular formula is C9H7ClN2O2S. The molecule has 2 heterocycles. The Kier molecular flexibility index (Phi) is 2.83. The summed E-state index contributed by atoms with van der Waals surface area (Å²) in [4.78, 5) is 20.0. The Hall–Kier alpha value is -1.20. The number of nitrogens with zero attached hydrogens (tertiary/aromatic N) is 2. The molecule has 0 saturated heterocycles. The van der Waals surface area contributed by atoms with Crippen molar-refractivity contribution in [3.63, 3.8) is 0 Å². The number of ether oxygens (including phenoxy) is 1. The molecule has 0 saturated carbocycles. The molecule has 15 heavy (non-hydrogen) atoms. The zero-order valence-corrected chi connectivity index (χ0v) is 9.43. The summed E-state index contributed by atoms with van der Waals surface area (Å²) in [7, 11) is 0. The van der Waals surface area contributed by atoms with E-state index in [1.54, 1.807) is 12.3 Å². The van der Waals surface area contributed by atoms with Crippen LogP contribution in [0.5, 0.6) is 0 Å². The van der Waals surface area contributed by atoms with Crippen molar-refractivity contribution >= 4 is 39.1 Å². The van der Waals surface area contributed by atoms with Gasteiger partial charge in [0.15, 0.2) is 0 Å². The molecule has 0 aliphatic heterocycles. The van der Waals surface area contributed by atoms with Gasteiger partial charge in [0.1, 0.15) is 4.83 Å². The lowest BCUT2D eigenvalue weighted by Crippen LogP contribution is -2.03. The largest absolute Gasteiger partial charge is 0.462 e. The van der Waals surface area contributed by atoms with Gasteiger partial charge in [-0.2, -0.15) is 0 Å². The van der Waals surface area contributed by atoms with Crippen LogP contribution in [0.1, 0.15) is 17.3 Å². The van der Waals surface area contributed by atoms with Gasteiger partial charge in [-0.25, -0.2) is 14.8 Å². The van der Waals surface area contributed by atoms with Crippen LogP contribution in [0.4, 0.5) is 0 Å². The Bertz CT molecular complexity index is 512. The molecule has 0 amide bonds. The summed E-state index contributed by atoms with van der Waals surface area (Å²) in [5, 5.41) is 2.57. The molecule has 2 rings (SSSR count). The average molecular weight is 243 g/mol. The first-order valence-electron chi connectivity index (χ1n) is 4.29. The van der Waals surface area contributed by atoms with Crippen LogP contribution in [-0.2, 0) is 4.74 Å². The van der Waals surface area contributed by atoms with E-state index in [-0.39, 0.29) is 11.3 Å². The van der Waals surface area contributed by atoms with E-state index in [9.17, 15) is 4.79 Å². The highest BCUT2D eigenvalue weighted by atomic mass is 35.5. The van der Waals surface area contributed by atoms with E-state index < -0.39 is 0 Å². The molecule has 0 radical (unpaired) electrons. The number of aromatic nitrogens is 2. The molecule has 0 unspecified atom stereocenters. The maximum atomic E-state index is 11.5. The number of halogens is 1. The van der Waals surface area contributed by atoms with Crippen molar-refractivity contribution in [1.82, 2.24) is 9.97 Å². The number of fused-ring (bicyclic) bond motifs is 1. The summed E-state index contributed by atoms with van der Waals surface area (Å²) < 4.78 is 4.90. The first-order chi connectivity index (χ1) is 7.22. The third kappa shape index (κ3) is 1.93. The molecule has 0 aliphatic carbocycles. The zero-order valence-electron chi connectivity index (χ0n) is 7.86. The second kappa shape index (κ2) is 4.12. The molecule has 0 atom stereocenters. The van der Waals surface area contributed by atoms with Crippen LogP contribution in [0.2, 0.25) is 5.28 Å². The third-order valence-corrected chi connectivity index (χ3v) is 2.87. The predicted octanol–water partition coefficient (Wildman–Crippen LogP) is 2.52. The van der Waals surface area contributed by atoms with Crippen molar-refractivity contribution in [2.45, 2.75) is 6.92 Å². The van der Waals surface area contributed by atoms with E-state index in [4.69, 9.17) is 16.3 Å². The Morgan fingerprint density at radius 3 is 3.20 bits per heavy atom. The van der Waals surface area contributed by atoms with Crippen molar-refractivity contribution in [3.8, 4) is 0 Å². The van der Waals surface area contributed by atoms with Gasteiger partial charge in [-0.1, -0.05) is 0 Å². The summed E-state index contributed by atoms with van der Waals surface area (Å²) >= 11 is 6.98. The first-order valence-corrected chi connectivity index (χ1v) is 5.55. The Morgan fingerprint density at radius 1 is 1.67 bits per heavy atom. The summed E-state index contributed by atoms with van der Waals surface area (Å²) in [5.74, 6) is -0.352. The number of carbonyl (C=O) groups is 1. The zero-order chi connectivity index (χ0) is 10.8. The summed E-state index contributed by atoms with van der Waals surface area (Å²) in [5.41, 5.74) is 0.494. The highest BCUT2D eigenvalue weighted by Crippen LogP contribution is 2.25. The van der Waals surface area contributed by atoms with E-state index in [1.165, 1.54) is 17.5 Å². The SMILES string of the molecule is CCOC(=O)c1csc2nc(Cl)ncc12. The van der Waals surface area contributed by atoms with Gasteiger partial charge >= 0.3 is 5.97 Å². The monoisotopic (exact) mass is 242 g/mol. The van der Waals surface area contributed by atoms with Crippen LogP contribution < -0.4 is 0 Å². The van der Waals surface area contributed by atoms with Crippen molar-refractivity contribution in [3.05, 3.63) is 22.4 Å². The van der Waals surface area contributed by atoms with E-state index in [0.717, 1.165) is 0 Å². The van der Waals surface area contributed by atoms with E-state index in [0.29, 0.717) is 22.4 Å². The van der Waals surface area contributed by atoms with Crippen LogP contribution in [0.15, 0.2) is 11.6 Å².